The Balaban J connectivity index is 2.14. The Morgan fingerprint density at radius 1 is 1.04 bits per heavy atom. The molecule has 2 aromatic carbocycles. The molecule has 0 aliphatic rings. The number of hydrogen-bond donors (Lipinski definition) is 1. The summed E-state index contributed by atoms with van der Waals surface area (Å²) in [7, 11) is -0.832. The summed E-state index contributed by atoms with van der Waals surface area (Å²) in [5.74, 6) is -0.526. The molecule has 0 bridgehead atoms. The van der Waals surface area contributed by atoms with Gasteiger partial charge in [-0.15, -0.1) is 0 Å². The Bertz CT molecular complexity index is 970. The maximum absolute atomic E-state index is 12.4. The molecule has 0 saturated carbocycles. The highest BCUT2D eigenvalue weighted by atomic mass is 32.2. The van der Waals surface area contributed by atoms with Crippen molar-refractivity contribution in [3.63, 3.8) is 0 Å². The highest BCUT2D eigenvalue weighted by Gasteiger charge is 2.19. The van der Waals surface area contributed by atoms with Crippen molar-refractivity contribution in [3.05, 3.63) is 53.6 Å². The highest BCUT2D eigenvalue weighted by Crippen LogP contribution is 2.24. The van der Waals surface area contributed by atoms with Crippen LogP contribution in [0.5, 0.6) is 11.5 Å². The molecule has 0 atom stereocenters. The number of methoxy groups -OCH3 is 2. The van der Waals surface area contributed by atoms with E-state index in [0.29, 0.717) is 11.5 Å². The minimum absolute atomic E-state index is 0.0179. The Hall–Kier alpha value is -2.91. The molecule has 8 nitrogen and oxygen atoms in total. The number of rotatable bonds is 9. The minimum Gasteiger partial charge on any atom is -0.497 e. The predicted octanol–water partition coefficient (Wildman–Crippen LogP) is 2.04. The number of nitrogens with one attached hydrogen (secondary N) is 1. The third-order valence-corrected chi connectivity index (χ3v) is 5.30. The molecule has 0 aliphatic heterocycles. The first-order valence-electron chi connectivity index (χ1n) is 8.34. The van der Waals surface area contributed by atoms with Gasteiger partial charge in [0.05, 0.1) is 30.2 Å². The van der Waals surface area contributed by atoms with Gasteiger partial charge in [-0.1, -0.05) is 13.0 Å². The van der Waals surface area contributed by atoms with E-state index in [4.69, 9.17) is 14.2 Å². The maximum Gasteiger partial charge on any atom is 0.338 e. The number of ketones is 1. The van der Waals surface area contributed by atoms with Gasteiger partial charge in [0, 0.05) is 6.54 Å². The monoisotopic (exact) mass is 407 g/mol. The maximum atomic E-state index is 12.4. The standard InChI is InChI=1S/C19H21NO7S/c1-4-20-28(23,24)15-7-5-6-13(10-15)19(22)27-12-17(21)16-11-14(25-2)8-9-18(16)26-3/h5-11,20H,4,12H2,1-3H3. The van der Waals surface area contributed by atoms with Gasteiger partial charge in [-0.05, 0) is 36.4 Å². The SMILES string of the molecule is CCNS(=O)(=O)c1cccc(C(=O)OCC(=O)c2cc(OC)ccc2OC)c1. The van der Waals surface area contributed by atoms with Crippen molar-refractivity contribution < 1.29 is 32.2 Å². The quantitative estimate of drug-likeness (QED) is 0.500. The molecule has 0 fully saturated rings. The van der Waals surface area contributed by atoms with Gasteiger partial charge in [0.1, 0.15) is 11.5 Å². The van der Waals surface area contributed by atoms with Crippen molar-refractivity contribution >= 4 is 21.8 Å². The first kappa shape index (κ1) is 21.4. The fraction of sp³-hybridized carbons (Fsp3) is 0.263. The lowest BCUT2D eigenvalue weighted by Crippen LogP contribution is -2.23. The normalized spacial score (nSPS) is 11.0. The molecule has 0 heterocycles. The molecular weight excluding hydrogens is 386 g/mol. The van der Waals surface area contributed by atoms with Gasteiger partial charge in [0.25, 0.3) is 0 Å². The number of hydrogen-bond acceptors (Lipinski definition) is 7. The predicted molar refractivity (Wildman–Crippen MR) is 101 cm³/mol. The van der Waals surface area contributed by atoms with Crippen LogP contribution in [0.4, 0.5) is 0 Å². The summed E-state index contributed by atoms with van der Waals surface area (Å²) in [5.41, 5.74) is 0.225. The van der Waals surface area contributed by atoms with E-state index in [1.165, 1.54) is 44.6 Å². The third-order valence-electron chi connectivity index (χ3n) is 3.76. The van der Waals surface area contributed by atoms with Crippen molar-refractivity contribution in [1.29, 1.82) is 0 Å². The second kappa shape index (κ2) is 9.34. The lowest BCUT2D eigenvalue weighted by atomic mass is 10.1. The zero-order chi connectivity index (χ0) is 20.7. The average molecular weight is 407 g/mol. The van der Waals surface area contributed by atoms with Gasteiger partial charge in [-0.3, -0.25) is 4.79 Å². The summed E-state index contributed by atoms with van der Waals surface area (Å²) in [6.45, 7) is 1.33. The van der Waals surface area contributed by atoms with Gasteiger partial charge >= 0.3 is 5.97 Å². The zero-order valence-electron chi connectivity index (χ0n) is 15.7. The van der Waals surface area contributed by atoms with E-state index >= 15 is 0 Å². The molecule has 0 saturated heterocycles. The van der Waals surface area contributed by atoms with E-state index < -0.39 is 28.4 Å². The van der Waals surface area contributed by atoms with Crippen LogP contribution in [0.25, 0.3) is 0 Å². The van der Waals surface area contributed by atoms with Crippen molar-refractivity contribution in [3.8, 4) is 11.5 Å². The van der Waals surface area contributed by atoms with Crippen LogP contribution in [0, 0.1) is 0 Å². The number of benzene rings is 2. The Labute approximate surface area is 163 Å². The smallest absolute Gasteiger partial charge is 0.338 e. The summed E-state index contributed by atoms with van der Waals surface area (Å²) in [6, 6.07) is 10.1. The van der Waals surface area contributed by atoms with E-state index in [9.17, 15) is 18.0 Å². The summed E-state index contributed by atoms with van der Waals surface area (Å²) in [6.07, 6.45) is 0. The van der Waals surface area contributed by atoms with E-state index in [0.717, 1.165) is 0 Å². The Morgan fingerprint density at radius 3 is 2.43 bits per heavy atom. The van der Waals surface area contributed by atoms with Crippen LogP contribution in [0.3, 0.4) is 0 Å². The minimum atomic E-state index is -3.71. The number of sulfonamides is 1. The van der Waals surface area contributed by atoms with Crippen LogP contribution < -0.4 is 14.2 Å². The van der Waals surface area contributed by atoms with Gasteiger partial charge in [-0.2, -0.15) is 0 Å². The Morgan fingerprint density at radius 2 is 1.79 bits per heavy atom. The summed E-state index contributed by atoms with van der Waals surface area (Å²) >= 11 is 0. The molecule has 2 aromatic rings. The molecular formula is C19H21NO7S. The molecule has 0 spiro atoms. The first-order chi connectivity index (χ1) is 13.3. The van der Waals surface area contributed by atoms with E-state index in [1.54, 1.807) is 19.1 Å². The molecule has 0 aliphatic carbocycles. The third kappa shape index (κ3) is 5.08. The molecule has 2 rings (SSSR count). The summed E-state index contributed by atoms with van der Waals surface area (Å²) < 4.78 is 41.7. The molecule has 0 radical (unpaired) electrons. The topological polar surface area (TPSA) is 108 Å². The van der Waals surface area contributed by atoms with Crippen LogP contribution in [0.1, 0.15) is 27.6 Å². The molecule has 150 valence electrons. The number of ether oxygens (including phenoxy) is 3. The number of esters is 1. The molecule has 0 unspecified atom stereocenters. The molecule has 0 aromatic heterocycles. The van der Waals surface area contributed by atoms with Gasteiger partial charge < -0.3 is 14.2 Å². The van der Waals surface area contributed by atoms with Crippen LogP contribution in [0.15, 0.2) is 47.4 Å². The first-order valence-corrected chi connectivity index (χ1v) is 9.82. The lowest BCUT2D eigenvalue weighted by molar-refractivity contribution is 0.0473. The van der Waals surface area contributed by atoms with Crippen molar-refractivity contribution in [2.24, 2.45) is 0 Å². The van der Waals surface area contributed by atoms with Gasteiger partial charge in [0.2, 0.25) is 15.8 Å². The van der Waals surface area contributed by atoms with E-state index in [-0.39, 0.29) is 22.6 Å². The summed E-state index contributed by atoms with van der Waals surface area (Å²) in [5, 5.41) is 0. The average Bonchev–Trinajstić information content (AvgIpc) is 2.71. The molecule has 0 amide bonds. The fourth-order valence-electron chi connectivity index (χ4n) is 2.39. The van der Waals surface area contributed by atoms with Crippen LogP contribution in [-0.2, 0) is 14.8 Å². The van der Waals surface area contributed by atoms with Gasteiger partial charge in [-0.25, -0.2) is 17.9 Å². The van der Waals surface area contributed by atoms with Crippen LogP contribution >= 0.6 is 0 Å². The largest absolute Gasteiger partial charge is 0.497 e. The second-order valence-electron chi connectivity index (χ2n) is 5.59. The van der Waals surface area contributed by atoms with Crippen molar-refractivity contribution in [2.75, 3.05) is 27.4 Å². The lowest BCUT2D eigenvalue weighted by Gasteiger charge is -2.10. The van der Waals surface area contributed by atoms with Gasteiger partial charge in [0.15, 0.2) is 6.61 Å². The van der Waals surface area contributed by atoms with Crippen molar-refractivity contribution in [1.82, 2.24) is 4.72 Å². The number of carbonyl (C=O) groups excluding carboxylic acids is 2. The van der Waals surface area contributed by atoms with Crippen LogP contribution in [0.2, 0.25) is 0 Å². The second-order valence-corrected chi connectivity index (χ2v) is 7.36. The summed E-state index contributed by atoms with van der Waals surface area (Å²) in [4.78, 5) is 24.6. The molecule has 28 heavy (non-hydrogen) atoms. The van der Waals surface area contributed by atoms with E-state index in [1.807, 2.05) is 0 Å². The number of carbonyl (C=O) groups is 2. The fourth-order valence-corrected chi connectivity index (χ4v) is 3.47. The molecule has 1 N–H and O–H groups in total. The van der Waals surface area contributed by atoms with E-state index in [2.05, 4.69) is 4.72 Å². The number of Topliss-reactive ketones (excluding diaryl/α,β-unsaturated/α-hetero) is 1. The molecule has 9 heteroatoms. The zero-order valence-corrected chi connectivity index (χ0v) is 16.5. The van der Waals surface area contributed by atoms with Crippen LogP contribution in [-0.4, -0.2) is 47.5 Å². The highest BCUT2D eigenvalue weighted by molar-refractivity contribution is 7.89. The van der Waals surface area contributed by atoms with Crippen molar-refractivity contribution in [2.45, 2.75) is 11.8 Å². The Kier molecular flexibility index (Phi) is 7.13.